The molecule has 0 rings (SSSR count). The van der Waals surface area contributed by atoms with E-state index < -0.39 is 6.10 Å². The molecule has 0 aliphatic carbocycles. The van der Waals surface area contributed by atoms with Crippen LogP contribution < -0.4 is 0 Å². The molecule has 0 saturated heterocycles. The second kappa shape index (κ2) is 51.5. The summed E-state index contributed by atoms with van der Waals surface area (Å²) in [7, 11) is 0. The number of unbranched alkanes of at least 4 members (excludes halogenated alkanes) is 35. The first-order valence-electron chi connectivity index (χ1n) is 27.3. The van der Waals surface area contributed by atoms with Crippen molar-refractivity contribution in [1.29, 1.82) is 0 Å². The number of hydrogen-bond donors (Lipinski definition) is 0. The van der Waals surface area contributed by atoms with Crippen LogP contribution in [-0.2, 0) is 28.6 Å². The van der Waals surface area contributed by atoms with Crippen molar-refractivity contribution < 1.29 is 28.6 Å². The van der Waals surface area contributed by atoms with Crippen LogP contribution in [-0.4, -0.2) is 37.2 Å². The highest BCUT2D eigenvalue weighted by atomic mass is 16.6. The van der Waals surface area contributed by atoms with E-state index in [1.165, 1.54) is 173 Å². The molecular weight excluding hydrogens is 769 g/mol. The molecule has 364 valence electrons. The zero-order chi connectivity index (χ0) is 45.1. The number of esters is 3. The molecule has 62 heavy (non-hydrogen) atoms. The van der Waals surface area contributed by atoms with Crippen molar-refractivity contribution in [1.82, 2.24) is 0 Å². The van der Waals surface area contributed by atoms with E-state index in [9.17, 15) is 14.4 Å². The largest absolute Gasteiger partial charge is 0.462 e. The lowest BCUT2D eigenvalue weighted by atomic mass is 10.0. The summed E-state index contributed by atoms with van der Waals surface area (Å²) in [5, 5.41) is 0. The first-order valence-corrected chi connectivity index (χ1v) is 27.3. The monoisotopic (exact) mass is 873 g/mol. The zero-order valence-corrected chi connectivity index (χ0v) is 41.7. The molecule has 0 spiro atoms. The number of carbonyl (C=O) groups excluding carboxylic acids is 3. The van der Waals surface area contributed by atoms with E-state index in [2.05, 4.69) is 45.1 Å². The third kappa shape index (κ3) is 48.9. The highest BCUT2D eigenvalue weighted by Crippen LogP contribution is 2.16. The number of ether oxygens (including phenoxy) is 3. The zero-order valence-electron chi connectivity index (χ0n) is 41.7. The van der Waals surface area contributed by atoms with Gasteiger partial charge in [0.25, 0.3) is 0 Å². The molecule has 0 aromatic rings. The van der Waals surface area contributed by atoms with E-state index in [0.717, 1.165) is 83.5 Å². The van der Waals surface area contributed by atoms with Gasteiger partial charge < -0.3 is 14.2 Å². The lowest BCUT2D eigenvalue weighted by molar-refractivity contribution is -0.167. The van der Waals surface area contributed by atoms with Crippen molar-refractivity contribution in [3.8, 4) is 0 Å². The standard InChI is InChI=1S/C56H104O6/c1-4-7-10-13-16-19-22-25-28-29-32-34-37-40-43-46-49-55(58)61-52-53(62-56(59)50-47-44-41-38-35-31-27-24-21-18-15-12-9-6-3)51-60-54(57)48-45-42-39-36-33-30-26-23-20-17-14-11-8-5-2/h15,18,24,27,53H,4-14,16-17,19-23,25-26,28-52H2,1-3H3/b18-15-,27-24-/t53-/m1/s1. The van der Waals surface area contributed by atoms with E-state index >= 15 is 0 Å². The normalized spacial score (nSPS) is 12.1. The molecular formula is C56H104O6. The lowest BCUT2D eigenvalue weighted by Crippen LogP contribution is -2.30. The van der Waals surface area contributed by atoms with Crippen molar-refractivity contribution in [3.05, 3.63) is 24.3 Å². The predicted molar refractivity (Wildman–Crippen MR) is 266 cm³/mol. The molecule has 0 saturated carbocycles. The Labute approximate surface area is 385 Å². The summed E-state index contributed by atoms with van der Waals surface area (Å²) in [6, 6.07) is 0. The Kier molecular flexibility index (Phi) is 49.8. The van der Waals surface area contributed by atoms with Crippen LogP contribution in [0, 0.1) is 0 Å². The fourth-order valence-corrected chi connectivity index (χ4v) is 8.05. The van der Waals surface area contributed by atoms with E-state index in [4.69, 9.17) is 14.2 Å². The van der Waals surface area contributed by atoms with Gasteiger partial charge in [0.15, 0.2) is 6.10 Å². The quantitative estimate of drug-likeness (QED) is 0.0262. The van der Waals surface area contributed by atoms with Crippen molar-refractivity contribution in [2.45, 2.75) is 303 Å². The molecule has 0 radical (unpaired) electrons. The van der Waals surface area contributed by atoms with Gasteiger partial charge in [-0.2, -0.15) is 0 Å². The van der Waals surface area contributed by atoms with Crippen LogP contribution >= 0.6 is 0 Å². The van der Waals surface area contributed by atoms with Gasteiger partial charge in [-0.05, 0) is 44.9 Å². The molecule has 0 unspecified atom stereocenters. The van der Waals surface area contributed by atoms with E-state index in [-0.39, 0.29) is 31.1 Å². The maximum atomic E-state index is 12.8. The fraction of sp³-hybridized carbons (Fsp3) is 0.875. The van der Waals surface area contributed by atoms with Gasteiger partial charge in [-0.25, -0.2) is 0 Å². The van der Waals surface area contributed by atoms with Gasteiger partial charge >= 0.3 is 17.9 Å². The Bertz CT molecular complexity index is 1000. The van der Waals surface area contributed by atoms with Crippen molar-refractivity contribution >= 4 is 17.9 Å². The second-order valence-corrected chi connectivity index (χ2v) is 18.5. The van der Waals surface area contributed by atoms with E-state index in [1.54, 1.807) is 0 Å². The molecule has 0 aliphatic rings. The van der Waals surface area contributed by atoms with Gasteiger partial charge in [0.1, 0.15) is 13.2 Å². The van der Waals surface area contributed by atoms with Gasteiger partial charge in [-0.1, -0.05) is 257 Å². The maximum absolute atomic E-state index is 12.8. The van der Waals surface area contributed by atoms with Crippen LogP contribution in [0.4, 0.5) is 0 Å². The minimum atomic E-state index is -0.772. The molecule has 1 atom stereocenters. The predicted octanol–water partition coefficient (Wildman–Crippen LogP) is 17.9. The van der Waals surface area contributed by atoms with Crippen LogP contribution in [0.5, 0.6) is 0 Å². The Hall–Kier alpha value is -2.11. The van der Waals surface area contributed by atoms with Crippen molar-refractivity contribution in [2.75, 3.05) is 13.2 Å². The minimum Gasteiger partial charge on any atom is -0.462 e. The smallest absolute Gasteiger partial charge is 0.306 e. The average molecular weight is 873 g/mol. The van der Waals surface area contributed by atoms with E-state index in [1.807, 2.05) is 0 Å². The summed E-state index contributed by atoms with van der Waals surface area (Å²) < 4.78 is 16.8. The SMILES string of the molecule is CCCC/C=C\C/C=C\CCCCCCCC(=O)O[C@H](COC(=O)CCCCCCCCCCCCCCCC)COC(=O)CCCCCCCCCCCCCCCCCC. The second-order valence-electron chi connectivity index (χ2n) is 18.5. The lowest BCUT2D eigenvalue weighted by Gasteiger charge is -2.18. The third-order valence-corrected chi connectivity index (χ3v) is 12.2. The molecule has 0 heterocycles. The van der Waals surface area contributed by atoms with Gasteiger partial charge in [0.05, 0.1) is 0 Å². The number of allylic oxidation sites excluding steroid dienone is 4. The molecule has 0 N–H and O–H groups in total. The molecule has 6 nitrogen and oxygen atoms in total. The van der Waals surface area contributed by atoms with Gasteiger partial charge in [-0.15, -0.1) is 0 Å². The Morgan fingerprint density at radius 1 is 0.323 bits per heavy atom. The van der Waals surface area contributed by atoms with Gasteiger partial charge in [0, 0.05) is 19.3 Å². The third-order valence-electron chi connectivity index (χ3n) is 12.2. The van der Waals surface area contributed by atoms with Crippen LogP contribution in [0.3, 0.4) is 0 Å². The summed E-state index contributed by atoms with van der Waals surface area (Å²) in [5.41, 5.74) is 0. The molecule has 0 aliphatic heterocycles. The van der Waals surface area contributed by atoms with E-state index in [0.29, 0.717) is 19.3 Å². The highest BCUT2D eigenvalue weighted by molar-refractivity contribution is 5.71. The van der Waals surface area contributed by atoms with Crippen molar-refractivity contribution in [2.24, 2.45) is 0 Å². The number of hydrogen-bond acceptors (Lipinski definition) is 6. The van der Waals surface area contributed by atoms with Crippen LogP contribution in [0.2, 0.25) is 0 Å². The summed E-state index contributed by atoms with van der Waals surface area (Å²) in [4.78, 5) is 38.0. The molecule has 0 fully saturated rings. The topological polar surface area (TPSA) is 78.9 Å². The van der Waals surface area contributed by atoms with Crippen LogP contribution in [0.1, 0.15) is 297 Å². The van der Waals surface area contributed by atoms with Crippen molar-refractivity contribution in [3.63, 3.8) is 0 Å². The van der Waals surface area contributed by atoms with Crippen LogP contribution in [0.15, 0.2) is 24.3 Å². The molecule has 0 amide bonds. The summed E-state index contributed by atoms with van der Waals surface area (Å²) >= 11 is 0. The Balaban J connectivity index is 4.34. The average Bonchev–Trinajstić information content (AvgIpc) is 3.27. The van der Waals surface area contributed by atoms with Gasteiger partial charge in [-0.3, -0.25) is 14.4 Å². The van der Waals surface area contributed by atoms with Gasteiger partial charge in [0.2, 0.25) is 0 Å². The fourth-order valence-electron chi connectivity index (χ4n) is 8.05. The number of rotatable bonds is 50. The highest BCUT2D eigenvalue weighted by Gasteiger charge is 2.19. The Morgan fingerprint density at radius 3 is 0.935 bits per heavy atom. The Morgan fingerprint density at radius 2 is 0.597 bits per heavy atom. The molecule has 0 bridgehead atoms. The van der Waals surface area contributed by atoms with Crippen LogP contribution in [0.25, 0.3) is 0 Å². The minimum absolute atomic E-state index is 0.0718. The molecule has 6 heteroatoms. The first-order chi connectivity index (χ1) is 30.5. The first kappa shape index (κ1) is 59.9. The number of carbonyl (C=O) groups is 3. The molecule has 0 aromatic carbocycles. The summed E-state index contributed by atoms with van der Waals surface area (Å²) in [5.74, 6) is -0.868. The summed E-state index contributed by atoms with van der Waals surface area (Å²) in [6.07, 6.45) is 58.7. The molecule has 0 aromatic heterocycles. The summed E-state index contributed by atoms with van der Waals surface area (Å²) in [6.45, 7) is 6.63. The maximum Gasteiger partial charge on any atom is 0.306 e.